The van der Waals surface area contributed by atoms with Crippen LogP contribution in [0, 0.1) is 0 Å². The van der Waals surface area contributed by atoms with Crippen molar-refractivity contribution in [3.05, 3.63) is 18.0 Å². The van der Waals surface area contributed by atoms with Crippen LogP contribution in [0.25, 0.3) is 0 Å². The van der Waals surface area contributed by atoms with Gasteiger partial charge >= 0.3 is 0 Å². The molecule has 0 unspecified atom stereocenters. The summed E-state index contributed by atoms with van der Waals surface area (Å²) in [7, 11) is -1.47. The van der Waals surface area contributed by atoms with Gasteiger partial charge < -0.3 is 14.6 Å². The Morgan fingerprint density at radius 2 is 2.20 bits per heavy atom. The van der Waals surface area contributed by atoms with E-state index in [-0.39, 0.29) is 11.5 Å². The molecule has 0 radical (unpaired) electrons. The Morgan fingerprint density at radius 1 is 1.50 bits per heavy atom. The third-order valence-electron chi connectivity index (χ3n) is 3.70. The van der Waals surface area contributed by atoms with Crippen molar-refractivity contribution in [1.82, 2.24) is 14.2 Å². The molecule has 1 fully saturated rings. The number of likely N-dealkylation sites (N-methyl/N-ethyl adjacent to an activating group) is 1. The van der Waals surface area contributed by atoms with E-state index in [1.165, 1.54) is 18.9 Å². The molecule has 2 N–H and O–H groups in total. The minimum absolute atomic E-state index is 0.159. The van der Waals surface area contributed by atoms with Crippen molar-refractivity contribution in [1.29, 1.82) is 0 Å². The van der Waals surface area contributed by atoms with Crippen LogP contribution in [0.3, 0.4) is 0 Å². The molecule has 20 heavy (non-hydrogen) atoms. The lowest BCUT2D eigenvalue weighted by molar-refractivity contribution is 0.271. The normalized spacial score (nSPS) is 16.0. The fraction of sp³-hybridized carbons (Fsp3) is 0.692. The van der Waals surface area contributed by atoms with Gasteiger partial charge in [0.1, 0.15) is 0 Å². The lowest BCUT2D eigenvalue weighted by Gasteiger charge is -2.15. The van der Waals surface area contributed by atoms with E-state index in [1.807, 2.05) is 14.0 Å². The molecule has 0 aliphatic heterocycles. The summed E-state index contributed by atoms with van der Waals surface area (Å²) in [5.41, 5.74) is 0.614. The van der Waals surface area contributed by atoms with Crippen molar-refractivity contribution >= 4 is 10.0 Å². The second kappa shape index (κ2) is 6.26. The number of hydrogen-bond donors (Lipinski definition) is 2. The molecule has 1 heterocycles. The lowest BCUT2D eigenvalue weighted by atomic mass is 10.4. The minimum atomic E-state index is -3.49. The topological polar surface area (TPSA) is 74.6 Å². The van der Waals surface area contributed by atoms with E-state index < -0.39 is 10.0 Å². The summed E-state index contributed by atoms with van der Waals surface area (Å²) in [6.07, 6.45) is 3.99. The fourth-order valence-corrected chi connectivity index (χ4v) is 3.32. The van der Waals surface area contributed by atoms with Crippen molar-refractivity contribution in [2.24, 2.45) is 0 Å². The number of aliphatic hydroxyl groups excluding tert-OH is 1. The van der Waals surface area contributed by atoms with Crippen LogP contribution in [0.15, 0.2) is 17.2 Å². The third-order valence-corrected chi connectivity index (χ3v) is 5.13. The van der Waals surface area contributed by atoms with Gasteiger partial charge in [-0.3, -0.25) is 0 Å². The predicted octanol–water partition coefficient (Wildman–Crippen LogP) is 0.373. The maximum absolute atomic E-state index is 12.2. The SMILES string of the molecule is CCn1cc(S(=O)(=O)NCCN(C)C2CC2)cc1CO. The number of nitrogens with zero attached hydrogens (tertiary/aromatic N) is 2. The number of aliphatic hydroxyl groups is 1. The van der Waals surface area contributed by atoms with Crippen molar-refractivity contribution in [3.63, 3.8) is 0 Å². The van der Waals surface area contributed by atoms with Gasteiger partial charge in [-0.2, -0.15) is 0 Å². The Labute approximate surface area is 120 Å². The molecule has 114 valence electrons. The van der Waals surface area contributed by atoms with Crippen LogP contribution in [0.4, 0.5) is 0 Å². The van der Waals surface area contributed by atoms with E-state index in [4.69, 9.17) is 0 Å². The second-order valence-electron chi connectivity index (χ2n) is 5.22. The van der Waals surface area contributed by atoms with Crippen LogP contribution in [0.2, 0.25) is 0 Å². The maximum Gasteiger partial charge on any atom is 0.242 e. The van der Waals surface area contributed by atoms with Crippen LogP contribution in [-0.4, -0.2) is 49.2 Å². The average molecular weight is 301 g/mol. The van der Waals surface area contributed by atoms with Crippen molar-refractivity contribution < 1.29 is 13.5 Å². The molecule has 6 nitrogen and oxygen atoms in total. The molecular weight excluding hydrogens is 278 g/mol. The maximum atomic E-state index is 12.2. The smallest absolute Gasteiger partial charge is 0.242 e. The Kier molecular flexibility index (Phi) is 4.85. The zero-order chi connectivity index (χ0) is 14.8. The number of nitrogens with one attached hydrogen (secondary N) is 1. The Bertz CT molecular complexity index is 528. The van der Waals surface area contributed by atoms with Crippen molar-refractivity contribution in [2.45, 2.75) is 43.9 Å². The van der Waals surface area contributed by atoms with E-state index >= 15 is 0 Å². The van der Waals surface area contributed by atoms with E-state index in [0.717, 1.165) is 0 Å². The molecule has 0 bridgehead atoms. The number of sulfonamides is 1. The quantitative estimate of drug-likeness (QED) is 0.727. The largest absolute Gasteiger partial charge is 0.390 e. The number of aromatic nitrogens is 1. The number of hydrogen-bond acceptors (Lipinski definition) is 4. The first kappa shape index (κ1) is 15.5. The first-order chi connectivity index (χ1) is 9.47. The van der Waals surface area contributed by atoms with Crippen LogP contribution < -0.4 is 4.72 Å². The molecule has 7 heteroatoms. The zero-order valence-electron chi connectivity index (χ0n) is 12.0. The summed E-state index contributed by atoms with van der Waals surface area (Å²) in [5.74, 6) is 0. The zero-order valence-corrected chi connectivity index (χ0v) is 12.9. The lowest BCUT2D eigenvalue weighted by Crippen LogP contribution is -2.33. The fourth-order valence-electron chi connectivity index (χ4n) is 2.24. The summed E-state index contributed by atoms with van der Waals surface area (Å²) in [6.45, 7) is 3.50. The Morgan fingerprint density at radius 3 is 2.70 bits per heavy atom. The van der Waals surface area contributed by atoms with E-state index in [0.29, 0.717) is 31.4 Å². The highest BCUT2D eigenvalue weighted by molar-refractivity contribution is 7.89. The summed E-state index contributed by atoms with van der Waals surface area (Å²) in [5, 5.41) is 9.20. The molecule has 0 amide bonds. The predicted molar refractivity (Wildman–Crippen MR) is 76.9 cm³/mol. The molecule has 2 rings (SSSR count). The first-order valence-corrected chi connectivity index (χ1v) is 8.46. The standard InChI is InChI=1S/C13H23N3O3S/c1-3-16-9-13(8-12(16)10-17)20(18,19)14-6-7-15(2)11-4-5-11/h8-9,11,14,17H,3-7,10H2,1-2H3. The van der Waals surface area contributed by atoms with Gasteiger partial charge in [0, 0.05) is 37.6 Å². The highest BCUT2D eigenvalue weighted by Crippen LogP contribution is 2.24. The van der Waals surface area contributed by atoms with Crippen molar-refractivity contribution in [2.75, 3.05) is 20.1 Å². The van der Waals surface area contributed by atoms with Gasteiger partial charge in [-0.05, 0) is 32.9 Å². The summed E-state index contributed by atoms with van der Waals surface area (Å²) in [6, 6.07) is 2.15. The molecular formula is C13H23N3O3S. The molecule has 1 aromatic rings. The van der Waals surface area contributed by atoms with E-state index in [9.17, 15) is 13.5 Å². The summed E-state index contributed by atoms with van der Waals surface area (Å²) < 4.78 is 28.7. The highest BCUT2D eigenvalue weighted by Gasteiger charge is 2.26. The van der Waals surface area contributed by atoms with Crippen LogP contribution in [-0.2, 0) is 23.2 Å². The Hall–Kier alpha value is -0.890. The monoisotopic (exact) mass is 301 g/mol. The minimum Gasteiger partial charge on any atom is -0.390 e. The summed E-state index contributed by atoms with van der Waals surface area (Å²) >= 11 is 0. The first-order valence-electron chi connectivity index (χ1n) is 6.97. The van der Waals surface area contributed by atoms with Gasteiger partial charge in [0.25, 0.3) is 0 Å². The highest BCUT2D eigenvalue weighted by atomic mass is 32.2. The third kappa shape index (κ3) is 3.60. The Balaban J connectivity index is 1.96. The van der Waals surface area contributed by atoms with Gasteiger partial charge in [0.15, 0.2) is 0 Å². The van der Waals surface area contributed by atoms with Gasteiger partial charge in [-0.1, -0.05) is 0 Å². The van der Waals surface area contributed by atoms with Gasteiger partial charge in [0.05, 0.1) is 11.5 Å². The second-order valence-corrected chi connectivity index (χ2v) is 6.99. The molecule has 0 saturated heterocycles. The van der Waals surface area contributed by atoms with Crippen LogP contribution in [0.1, 0.15) is 25.5 Å². The number of rotatable bonds is 8. The van der Waals surface area contributed by atoms with Crippen LogP contribution >= 0.6 is 0 Å². The van der Waals surface area contributed by atoms with Gasteiger partial charge in [0.2, 0.25) is 10.0 Å². The molecule has 1 aliphatic carbocycles. The molecule has 0 atom stereocenters. The summed E-state index contributed by atoms with van der Waals surface area (Å²) in [4.78, 5) is 2.40. The van der Waals surface area contributed by atoms with Gasteiger partial charge in [-0.15, -0.1) is 0 Å². The van der Waals surface area contributed by atoms with E-state index in [1.54, 1.807) is 10.8 Å². The molecule has 1 aromatic heterocycles. The molecule has 1 aliphatic rings. The molecule has 0 spiro atoms. The average Bonchev–Trinajstić information content (AvgIpc) is 3.17. The van der Waals surface area contributed by atoms with E-state index in [2.05, 4.69) is 9.62 Å². The molecule has 0 aromatic carbocycles. The van der Waals surface area contributed by atoms with Gasteiger partial charge in [-0.25, -0.2) is 13.1 Å². The van der Waals surface area contributed by atoms with Crippen molar-refractivity contribution in [3.8, 4) is 0 Å². The number of aryl methyl sites for hydroxylation is 1. The molecule has 1 saturated carbocycles. The van der Waals surface area contributed by atoms with Crippen LogP contribution in [0.5, 0.6) is 0 Å².